The van der Waals surface area contributed by atoms with E-state index in [0.29, 0.717) is 23.1 Å². The van der Waals surface area contributed by atoms with Gasteiger partial charge in [-0.25, -0.2) is 4.57 Å². The van der Waals surface area contributed by atoms with Crippen molar-refractivity contribution in [3.63, 3.8) is 0 Å². The second kappa shape index (κ2) is 28.3. The molecule has 0 heterocycles. The molecule has 0 aliphatic rings. The van der Waals surface area contributed by atoms with Crippen LogP contribution in [-0.2, 0) is 18.4 Å². The van der Waals surface area contributed by atoms with Gasteiger partial charge in [0.25, 0.3) is 0 Å². The number of quaternary nitrogens is 1. The van der Waals surface area contributed by atoms with E-state index in [2.05, 4.69) is 25.7 Å². The van der Waals surface area contributed by atoms with E-state index in [1.54, 1.807) is 6.92 Å². The number of amides is 1. The molecule has 3 atom stereocenters. The summed E-state index contributed by atoms with van der Waals surface area (Å²) in [6.07, 6.45) is 24.9. The normalized spacial score (nSPS) is 14.6. The smallest absolute Gasteiger partial charge is 0.385 e. The molecule has 45 heavy (non-hydrogen) atoms. The van der Waals surface area contributed by atoms with E-state index in [4.69, 9.17) is 9.05 Å². The summed E-state index contributed by atoms with van der Waals surface area (Å²) in [5, 5.41) is 13.3. The predicted octanol–water partition coefficient (Wildman–Crippen LogP) is 9.10. The summed E-state index contributed by atoms with van der Waals surface area (Å²) in [6.45, 7) is 11.4. The summed E-state index contributed by atoms with van der Waals surface area (Å²) in [5.74, 6) is 0.0880. The molecule has 0 bridgehead atoms. The first kappa shape index (κ1) is 44.2. The van der Waals surface area contributed by atoms with Crippen LogP contribution in [0.25, 0.3) is 0 Å². The van der Waals surface area contributed by atoms with Gasteiger partial charge in [-0.05, 0) is 25.7 Å². The molecule has 0 aliphatic heterocycles. The first-order valence-electron chi connectivity index (χ1n) is 18.5. The summed E-state index contributed by atoms with van der Waals surface area (Å²) in [7, 11) is -0.313. The van der Waals surface area contributed by atoms with Crippen LogP contribution in [0.5, 0.6) is 0 Å². The molecule has 0 spiro atoms. The number of unbranched alkanes of at least 4 members (excludes halogenated alkanes) is 16. The van der Waals surface area contributed by atoms with Crippen molar-refractivity contribution in [1.82, 2.24) is 5.32 Å². The van der Waals surface area contributed by atoms with Crippen LogP contribution in [0.2, 0.25) is 0 Å². The topological polar surface area (TPSA) is 105 Å². The Bertz CT molecular complexity index is 779. The third kappa shape index (κ3) is 29.1. The number of hydrogen-bond donors (Lipinski definition) is 3. The van der Waals surface area contributed by atoms with Crippen molar-refractivity contribution >= 4 is 13.7 Å². The highest BCUT2D eigenvalue weighted by molar-refractivity contribution is 7.47. The lowest BCUT2D eigenvalue weighted by atomic mass is 9.94. The summed E-state index contributed by atoms with van der Waals surface area (Å²) < 4.78 is 23.9. The lowest BCUT2D eigenvalue weighted by molar-refractivity contribution is -0.893. The second-order valence-electron chi connectivity index (χ2n) is 14.0. The zero-order chi connectivity index (χ0) is 33.8. The minimum Gasteiger partial charge on any atom is -0.385 e. The Balaban J connectivity index is 4.53. The molecule has 0 fully saturated rings. The van der Waals surface area contributed by atoms with E-state index in [0.717, 1.165) is 38.6 Å². The minimum atomic E-state index is -4.26. The quantitative estimate of drug-likeness (QED) is 0.0281. The van der Waals surface area contributed by atoms with Crippen molar-refractivity contribution in [2.45, 2.75) is 162 Å². The number of rotatable bonds is 33. The summed E-state index contributed by atoms with van der Waals surface area (Å²) in [6, 6.07) is 0. The Hall–Kier alpha value is -0.760. The fourth-order valence-electron chi connectivity index (χ4n) is 5.79. The van der Waals surface area contributed by atoms with Crippen LogP contribution in [0.3, 0.4) is 0 Å². The van der Waals surface area contributed by atoms with E-state index >= 15 is 0 Å². The van der Waals surface area contributed by atoms with Crippen LogP contribution in [-0.4, -0.2) is 73.4 Å². The molecule has 0 aliphatic carbocycles. The zero-order valence-corrected chi connectivity index (χ0v) is 31.1. The number of aliphatic hydroxyl groups is 1. The van der Waals surface area contributed by atoms with E-state index in [1.165, 1.54) is 103 Å². The van der Waals surface area contributed by atoms with Gasteiger partial charge in [-0.15, -0.1) is 0 Å². The maximum Gasteiger partial charge on any atom is 0.472 e. The highest BCUT2D eigenvalue weighted by Crippen LogP contribution is 2.44. The molecule has 0 rings (SSSR count). The summed E-state index contributed by atoms with van der Waals surface area (Å²) in [4.78, 5) is 22.0. The molecular weight excluding hydrogens is 587 g/mol. The third-order valence-corrected chi connectivity index (χ3v) is 9.60. The standard InChI is InChI=1S/C36H73N2O6P/c1-7-9-11-13-15-17-18-20-22-24-27-34(26-23-21-19-16-14-12-10-8-2)31-43-45(41,42)44-32-35(39)30-38(5,6)29-25-28-37-36(40)33(3)4/h34-35,39H,3,7-32H2,1-2,4-6H3,(H-,37,40,41,42)/p+1. The molecule has 1 amide bonds. The molecule has 268 valence electrons. The van der Waals surface area contributed by atoms with Gasteiger partial charge in [0.15, 0.2) is 0 Å². The lowest BCUT2D eigenvalue weighted by Crippen LogP contribution is -2.47. The molecule has 0 aromatic carbocycles. The van der Waals surface area contributed by atoms with Crippen molar-refractivity contribution < 1.29 is 32.9 Å². The molecule has 3 unspecified atom stereocenters. The zero-order valence-electron chi connectivity index (χ0n) is 30.2. The molecule has 8 nitrogen and oxygen atoms in total. The molecule has 0 saturated carbocycles. The van der Waals surface area contributed by atoms with Gasteiger partial charge in [0.05, 0.1) is 33.9 Å². The minimum absolute atomic E-state index is 0.156. The van der Waals surface area contributed by atoms with Gasteiger partial charge in [0.2, 0.25) is 5.91 Å². The maximum atomic E-state index is 12.7. The lowest BCUT2D eigenvalue weighted by Gasteiger charge is -2.32. The fourth-order valence-corrected chi connectivity index (χ4v) is 6.62. The number of carbonyl (C=O) groups is 1. The average molecular weight is 662 g/mol. The fraction of sp³-hybridized carbons (Fsp3) is 0.917. The number of nitrogens with one attached hydrogen (secondary N) is 1. The van der Waals surface area contributed by atoms with E-state index < -0.39 is 13.9 Å². The number of hydrogen-bond acceptors (Lipinski definition) is 5. The Labute approximate surface area is 278 Å². The van der Waals surface area contributed by atoms with Crippen molar-refractivity contribution in [3.05, 3.63) is 12.2 Å². The van der Waals surface area contributed by atoms with Gasteiger partial charge in [0, 0.05) is 18.5 Å². The van der Waals surface area contributed by atoms with Crippen LogP contribution in [0.4, 0.5) is 0 Å². The van der Waals surface area contributed by atoms with Gasteiger partial charge in [0.1, 0.15) is 12.6 Å². The van der Waals surface area contributed by atoms with Gasteiger partial charge >= 0.3 is 7.82 Å². The Kier molecular flexibility index (Phi) is 27.8. The van der Waals surface area contributed by atoms with Crippen LogP contribution in [0.1, 0.15) is 156 Å². The SMILES string of the molecule is C=C(C)C(=O)NCCC[N+](C)(C)CC(O)COP(=O)(O)OCC(CCCCCCCCCC)CCCCCCCCCCCC. The molecule has 0 radical (unpaired) electrons. The van der Waals surface area contributed by atoms with Crippen LogP contribution in [0.15, 0.2) is 12.2 Å². The van der Waals surface area contributed by atoms with Crippen molar-refractivity contribution in [2.75, 3.05) is 46.9 Å². The summed E-state index contributed by atoms with van der Waals surface area (Å²) in [5.41, 5.74) is 0.477. The molecule has 0 aromatic rings. The van der Waals surface area contributed by atoms with E-state index in [9.17, 15) is 19.4 Å². The maximum absolute atomic E-state index is 12.7. The Morgan fingerprint density at radius 1 is 0.756 bits per heavy atom. The first-order chi connectivity index (χ1) is 21.4. The van der Waals surface area contributed by atoms with Crippen molar-refractivity contribution in [2.24, 2.45) is 5.92 Å². The highest BCUT2D eigenvalue weighted by atomic mass is 31.2. The number of phosphoric ester groups is 1. The number of carbonyl (C=O) groups excluding carboxylic acids is 1. The number of nitrogens with zero attached hydrogens (tertiary/aromatic N) is 1. The molecule has 3 N–H and O–H groups in total. The van der Waals surface area contributed by atoms with Gasteiger partial charge in [-0.3, -0.25) is 13.8 Å². The first-order valence-corrected chi connectivity index (χ1v) is 20.0. The molecule has 9 heteroatoms. The van der Waals surface area contributed by atoms with Crippen LogP contribution >= 0.6 is 7.82 Å². The number of phosphoric acid groups is 1. The highest BCUT2D eigenvalue weighted by Gasteiger charge is 2.27. The molecule has 0 aromatic heterocycles. The van der Waals surface area contributed by atoms with Gasteiger partial charge < -0.3 is 19.8 Å². The van der Waals surface area contributed by atoms with Crippen molar-refractivity contribution in [1.29, 1.82) is 0 Å². The number of aliphatic hydroxyl groups excluding tert-OH is 1. The van der Waals surface area contributed by atoms with Crippen molar-refractivity contribution in [3.8, 4) is 0 Å². The second-order valence-corrected chi connectivity index (χ2v) is 15.5. The van der Waals surface area contributed by atoms with Crippen LogP contribution in [0, 0.1) is 5.92 Å². The monoisotopic (exact) mass is 662 g/mol. The van der Waals surface area contributed by atoms with Gasteiger partial charge in [-0.2, -0.15) is 0 Å². The van der Waals surface area contributed by atoms with Gasteiger partial charge in [-0.1, -0.05) is 136 Å². The third-order valence-electron chi connectivity index (χ3n) is 8.65. The molecule has 0 saturated heterocycles. The van der Waals surface area contributed by atoms with Crippen LogP contribution < -0.4 is 5.32 Å². The molecular formula is C36H74N2O6P+. The van der Waals surface area contributed by atoms with E-state index in [-0.39, 0.29) is 25.0 Å². The predicted molar refractivity (Wildman–Crippen MR) is 189 cm³/mol. The summed E-state index contributed by atoms with van der Waals surface area (Å²) >= 11 is 0. The van der Waals surface area contributed by atoms with E-state index in [1.807, 2.05) is 14.1 Å². The largest absolute Gasteiger partial charge is 0.472 e. The average Bonchev–Trinajstić information content (AvgIpc) is 2.98. The number of likely N-dealkylation sites (N-methyl/N-ethyl adjacent to an activating group) is 1. The Morgan fingerprint density at radius 3 is 1.62 bits per heavy atom. The Morgan fingerprint density at radius 2 is 1.18 bits per heavy atom.